The van der Waals surface area contributed by atoms with Crippen molar-refractivity contribution in [3.05, 3.63) is 133 Å². The van der Waals surface area contributed by atoms with Gasteiger partial charge in [-0.15, -0.1) is 0 Å². The van der Waals surface area contributed by atoms with Crippen LogP contribution in [0.1, 0.15) is 58.9 Å². The van der Waals surface area contributed by atoms with Crippen molar-refractivity contribution < 1.29 is 0 Å². The fourth-order valence-electron chi connectivity index (χ4n) is 11.1. The van der Waals surface area contributed by atoms with Gasteiger partial charge in [-0.2, -0.15) is 0 Å². The molecule has 1 aliphatic carbocycles. The molecule has 9 aromatic rings. The van der Waals surface area contributed by atoms with Gasteiger partial charge in [0.1, 0.15) is 0 Å². The Morgan fingerprint density at radius 1 is 0.500 bits per heavy atom. The molecule has 0 aromatic heterocycles. The van der Waals surface area contributed by atoms with Crippen molar-refractivity contribution in [2.75, 3.05) is 4.90 Å². The van der Waals surface area contributed by atoms with Crippen molar-refractivity contribution in [1.82, 2.24) is 0 Å². The fourth-order valence-corrected chi connectivity index (χ4v) is 11.1. The maximum Gasteiger partial charge on any atom is 0.0548 e. The molecule has 2 atom stereocenters. The Hall–Kier alpha value is -5.14. The third kappa shape index (κ3) is 3.39. The second-order valence-corrected chi connectivity index (χ2v) is 16.9. The van der Waals surface area contributed by atoms with E-state index in [4.69, 9.17) is 0 Å². The highest BCUT2D eigenvalue weighted by molar-refractivity contribution is 6.38. The second kappa shape index (κ2) is 9.34. The zero-order valence-corrected chi connectivity index (χ0v) is 29.6. The van der Waals surface area contributed by atoms with Crippen LogP contribution in [0.2, 0.25) is 0 Å². The predicted octanol–water partition coefficient (Wildman–Crippen LogP) is 14.0. The summed E-state index contributed by atoms with van der Waals surface area (Å²) in [5.41, 5.74) is 7.09. The lowest BCUT2D eigenvalue weighted by molar-refractivity contribution is 0.0197. The van der Waals surface area contributed by atoms with Crippen LogP contribution in [0.3, 0.4) is 0 Å². The molecule has 242 valence electrons. The molecule has 1 heteroatoms. The Morgan fingerprint density at radius 3 is 1.78 bits per heavy atom. The van der Waals surface area contributed by atoms with Gasteiger partial charge in [0.25, 0.3) is 0 Å². The van der Waals surface area contributed by atoms with Crippen LogP contribution < -0.4 is 4.90 Å². The van der Waals surface area contributed by atoms with Crippen molar-refractivity contribution >= 4 is 76.0 Å². The largest absolute Gasteiger partial charge is 0.334 e. The summed E-state index contributed by atoms with van der Waals surface area (Å²) in [5, 5.41) is 16.4. The molecule has 1 fully saturated rings. The molecule has 2 aliphatic rings. The highest BCUT2D eigenvalue weighted by Crippen LogP contribution is 2.68. The smallest absolute Gasteiger partial charge is 0.0548 e. The van der Waals surface area contributed by atoms with E-state index in [1.807, 2.05) is 0 Å². The first kappa shape index (κ1) is 28.7. The fraction of sp³-hybridized carbons (Fsp3) is 0.224. The molecule has 0 radical (unpaired) electrons. The standard InChI is InChI=1S/C49H41N/c1-47(2)24-25-48(3,4)49(5)46(47)42-26-30(20-23-43(42)50(49)31-14-7-6-8-15-31)32-21-22-37-41-28-39-35-17-10-13-29-12-9-16-34(44(29)35)38(39)27-40(41)36-19-11-18-33(32)45(36)37/h6-23,26-28,46H,24-25H2,1-5H3. The summed E-state index contributed by atoms with van der Waals surface area (Å²) < 4.78 is 0. The van der Waals surface area contributed by atoms with Gasteiger partial charge in [0, 0.05) is 17.3 Å². The zero-order valence-electron chi connectivity index (χ0n) is 29.6. The lowest BCUT2D eigenvalue weighted by Crippen LogP contribution is -2.60. The molecular formula is C49H41N. The van der Waals surface area contributed by atoms with Crippen molar-refractivity contribution in [2.45, 2.75) is 58.9 Å². The van der Waals surface area contributed by atoms with E-state index in [1.165, 1.54) is 106 Å². The molecule has 0 N–H and O–H groups in total. The molecule has 0 bridgehead atoms. The lowest BCUT2D eigenvalue weighted by atomic mass is 9.50. The SMILES string of the molecule is CC1(C)CCC(C)(C)C2(C)C1c1cc(-c3ccc4c5cc6c(cc5c5cccc3c54)c3cccc4cccc6c43)ccc1N2c1ccccc1. The van der Waals surface area contributed by atoms with Gasteiger partial charge in [-0.3, -0.25) is 0 Å². The van der Waals surface area contributed by atoms with E-state index in [1.54, 1.807) is 0 Å². The van der Waals surface area contributed by atoms with Gasteiger partial charge in [-0.1, -0.05) is 119 Å². The minimum Gasteiger partial charge on any atom is -0.334 e. The summed E-state index contributed by atoms with van der Waals surface area (Å²) in [6.45, 7) is 12.6. The number of hydrogen-bond donors (Lipinski definition) is 0. The van der Waals surface area contributed by atoms with E-state index in [9.17, 15) is 0 Å². The molecule has 11 rings (SSSR count). The normalized spacial score (nSPS) is 21.3. The highest BCUT2D eigenvalue weighted by Gasteiger charge is 2.63. The third-order valence-electron chi connectivity index (χ3n) is 13.7. The first-order valence-corrected chi connectivity index (χ1v) is 18.4. The Bertz CT molecular complexity index is 2760. The molecule has 0 spiro atoms. The average Bonchev–Trinajstić information content (AvgIpc) is 3.72. The lowest BCUT2D eigenvalue weighted by Gasteiger charge is -2.59. The molecule has 0 amide bonds. The van der Waals surface area contributed by atoms with E-state index in [0.717, 1.165) is 0 Å². The molecule has 2 unspecified atom stereocenters. The Kier molecular flexibility index (Phi) is 5.36. The molecule has 1 saturated carbocycles. The van der Waals surface area contributed by atoms with Gasteiger partial charge in [0.2, 0.25) is 0 Å². The first-order chi connectivity index (χ1) is 24.2. The van der Waals surface area contributed by atoms with Crippen molar-refractivity contribution in [3.63, 3.8) is 0 Å². The number of para-hydroxylation sites is 1. The van der Waals surface area contributed by atoms with Crippen LogP contribution in [-0.2, 0) is 0 Å². The Morgan fingerprint density at radius 2 is 1.10 bits per heavy atom. The summed E-state index contributed by atoms with van der Waals surface area (Å²) in [6.07, 6.45) is 2.45. The number of anilines is 2. The van der Waals surface area contributed by atoms with Crippen LogP contribution in [0.15, 0.2) is 127 Å². The van der Waals surface area contributed by atoms with Crippen molar-refractivity contribution in [2.24, 2.45) is 10.8 Å². The van der Waals surface area contributed by atoms with Gasteiger partial charge in [0.15, 0.2) is 0 Å². The maximum absolute atomic E-state index is 2.71. The zero-order chi connectivity index (χ0) is 33.7. The summed E-state index contributed by atoms with van der Waals surface area (Å²) in [6, 6.07) is 48.8. The Balaban J connectivity index is 1.15. The van der Waals surface area contributed by atoms with Gasteiger partial charge < -0.3 is 4.90 Å². The van der Waals surface area contributed by atoms with Gasteiger partial charge >= 0.3 is 0 Å². The summed E-state index contributed by atoms with van der Waals surface area (Å²) in [7, 11) is 0. The molecule has 9 aromatic carbocycles. The van der Waals surface area contributed by atoms with Crippen LogP contribution in [0.5, 0.6) is 0 Å². The third-order valence-corrected chi connectivity index (χ3v) is 13.7. The number of rotatable bonds is 2. The van der Waals surface area contributed by atoms with Crippen molar-refractivity contribution in [1.29, 1.82) is 0 Å². The summed E-state index contributed by atoms with van der Waals surface area (Å²) in [4.78, 5) is 2.71. The second-order valence-electron chi connectivity index (χ2n) is 16.9. The minimum atomic E-state index is -0.0515. The quantitative estimate of drug-likeness (QED) is 0.181. The maximum atomic E-state index is 2.71. The number of benzene rings is 7. The van der Waals surface area contributed by atoms with E-state index >= 15 is 0 Å². The average molecular weight is 644 g/mol. The Labute approximate surface area is 293 Å². The van der Waals surface area contributed by atoms with Crippen LogP contribution in [0, 0.1) is 10.8 Å². The molecule has 0 saturated heterocycles. The summed E-state index contributed by atoms with van der Waals surface area (Å²) >= 11 is 0. The van der Waals surface area contributed by atoms with Gasteiger partial charge in [-0.05, 0) is 148 Å². The van der Waals surface area contributed by atoms with E-state index < -0.39 is 0 Å². The molecular weight excluding hydrogens is 603 g/mol. The number of nitrogens with zero attached hydrogens (tertiary/aromatic N) is 1. The van der Waals surface area contributed by atoms with Crippen LogP contribution in [0.25, 0.3) is 75.8 Å². The van der Waals surface area contributed by atoms with Crippen LogP contribution in [-0.4, -0.2) is 5.54 Å². The first-order valence-electron chi connectivity index (χ1n) is 18.4. The number of fused-ring (bicyclic) bond motifs is 9. The molecule has 50 heavy (non-hydrogen) atoms. The molecule has 1 aliphatic heterocycles. The van der Waals surface area contributed by atoms with Crippen molar-refractivity contribution in [3.8, 4) is 11.1 Å². The summed E-state index contributed by atoms with van der Waals surface area (Å²) in [5.74, 6) is 0.407. The van der Waals surface area contributed by atoms with E-state index in [-0.39, 0.29) is 16.4 Å². The van der Waals surface area contributed by atoms with Gasteiger partial charge in [0.05, 0.1) is 5.54 Å². The molecule has 1 heterocycles. The van der Waals surface area contributed by atoms with Crippen LogP contribution >= 0.6 is 0 Å². The van der Waals surface area contributed by atoms with E-state index in [0.29, 0.717) is 5.92 Å². The predicted molar refractivity (Wildman–Crippen MR) is 216 cm³/mol. The van der Waals surface area contributed by atoms with Gasteiger partial charge in [-0.25, -0.2) is 0 Å². The van der Waals surface area contributed by atoms with E-state index in [2.05, 4.69) is 167 Å². The number of hydrogen-bond acceptors (Lipinski definition) is 1. The highest BCUT2D eigenvalue weighted by atomic mass is 15.3. The minimum absolute atomic E-state index is 0.0515. The topological polar surface area (TPSA) is 3.24 Å². The molecule has 1 nitrogen and oxygen atoms in total. The van der Waals surface area contributed by atoms with Crippen LogP contribution in [0.4, 0.5) is 11.4 Å². The monoisotopic (exact) mass is 643 g/mol.